The fourth-order valence-corrected chi connectivity index (χ4v) is 6.46. The van der Waals surface area contributed by atoms with E-state index in [9.17, 15) is 18.4 Å². The van der Waals surface area contributed by atoms with E-state index in [1.165, 1.54) is 40.2 Å². The van der Waals surface area contributed by atoms with Crippen LogP contribution < -0.4 is 14.9 Å². The first-order valence-corrected chi connectivity index (χ1v) is 14.6. The number of nitrogens with zero attached hydrogens (tertiary/aromatic N) is 3. The molecule has 3 aromatic carbocycles. The molecule has 43 heavy (non-hydrogen) atoms. The van der Waals surface area contributed by atoms with E-state index in [1.54, 1.807) is 31.2 Å². The molecule has 0 saturated carbocycles. The van der Waals surface area contributed by atoms with Crippen molar-refractivity contribution in [2.75, 3.05) is 6.61 Å². The third-order valence-corrected chi connectivity index (χ3v) is 8.38. The van der Waals surface area contributed by atoms with Gasteiger partial charge >= 0.3 is 5.97 Å². The number of carbonyl (C=O) groups is 1. The third kappa shape index (κ3) is 5.17. The Morgan fingerprint density at radius 2 is 1.63 bits per heavy atom. The van der Waals surface area contributed by atoms with Gasteiger partial charge in [-0.25, -0.2) is 18.6 Å². The normalized spacial score (nSPS) is 14.9. The number of thiazole rings is 1. The lowest BCUT2D eigenvalue weighted by Gasteiger charge is -2.25. The summed E-state index contributed by atoms with van der Waals surface area (Å²) >= 11 is 1.21. The van der Waals surface area contributed by atoms with E-state index in [2.05, 4.69) is 0 Å². The molecule has 1 aliphatic heterocycles. The highest BCUT2D eigenvalue weighted by molar-refractivity contribution is 7.07. The number of benzene rings is 3. The molecule has 6 rings (SSSR count). The maximum atomic E-state index is 14.1. The number of fused-ring (bicyclic) bond motifs is 1. The van der Waals surface area contributed by atoms with Gasteiger partial charge in [0.25, 0.3) is 5.56 Å². The number of esters is 1. The number of hydrogen-bond acceptors (Lipinski definition) is 5. The van der Waals surface area contributed by atoms with Crippen LogP contribution in [0.1, 0.15) is 41.0 Å². The number of halogens is 2. The molecule has 5 aromatic rings. The highest BCUT2D eigenvalue weighted by Gasteiger charge is 2.35. The maximum absolute atomic E-state index is 14.1. The molecule has 1 unspecified atom stereocenters. The van der Waals surface area contributed by atoms with Crippen molar-refractivity contribution in [1.82, 2.24) is 9.13 Å². The molecule has 0 amide bonds. The van der Waals surface area contributed by atoms with Crippen LogP contribution in [0.3, 0.4) is 0 Å². The molecular formula is C34H27F2N3O3S. The average Bonchev–Trinajstić information content (AvgIpc) is 3.47. The Labute approximate surface area is 250 Å². The molecular weight excluding hydrogens is 568 g/mol. The van der Waals surface area contributed by atoms with Gasteiger partial charge in [-0.3, -0.25) is 9.36 Å². The van der Waals surface area contributed by atoms with E-state index in [0.29, 0.717) is 26.2 Å². The van der Waals surface area contributed by atoms with Crippen molar-refractivity contribution in [3.05, 3.63) is 150 Å². The Balaban J connectivity index is 1.59. The van der Waals surface area contributed by atoms with Crippen LogP contribution in [-0.4, -0.2) is 21.7 Å². The van der Waals surface area contributed by atoms with Crippen molar-refractivity contribution in [1.29, 1.82) is 0 Å². The summed E-state index contributed by atoms with van der Waals surface area (Å²) in [6, 6.07) is 22.3. The molecule has 3 heterocycles. The van der Waals surface area contributed by atoms with Crippen LogP contribution in [-0.2, 0) is 9.53 Å². The summed E-state index contributed by atoms with van der Waals surface area (Å²) in [6.45, 7) is 5.73. The van der Waals surface area contributed by atoms with Crippen LogP contribution in [0, 0.1) is 25.5 Å². The second-order valence-electron chi connectivity index (χ2n) is 10.1. The number of ether oxygens (including phenoxy) is 1. The minimum absolute atomic E-state index is 0.134. The van der Waals surface area contributed by atoms with Crippen LogP contribution in [0.2, 0.25) is 0 Å². The fourth-order valence-electron chi connectivity index (χ4n) is 5.46. The van der Waals surface area contributed by atoms with Crippen LogP contribution in [0.25, 0.3) is 17.5 Å². The molecule has 9 heteroatoms. The van der Waals surface area contributed by atoms with Gasteiger partial charge in [0.15, 0.2) is 4.80 Å². The number of rotatable bonds is 6. The molecule has 0 aliphatic carbocycles. The van der Waals surface area contributed by atoms with Crippen molar-refractivity contribution >= 4 is 29.1 Å². The summed E-state index contributed by atoms with van der Waals surface area (Å²) in [5, 5.41) is 0. The number of aromatic nitrogens is 2. The Morgan fingerprint density at radius 1 is 0.977 bits per heavy atom. The van der Waals surface area contributed by atoms with Crippen molar-refractivity contribution in [3.63, 3.8) is 0 Å². The number of carbonyl (C=O) groups excluding carboxylic acids is 1. The Morgan fingerprint density at radius 3 is 2.28 bits per heavy atom. The molecule has 0 saturated heterocycles. The van der Waals surface area contributed by atoms with Crippen molar-refractivity contribution in [3.8, 4) is 5.69 Å². The lowest BCUT2D eigenvalue weighted by Crippen LogP contribution is -2.40. The fraction of sp³-hybridized carbons (Fsp3) is 0.147. The average molecular weight is 596 g/mol. The second kappa shape index (κ2) is 11.4. The second-order valence-corrected chi connectivity index (χ2v) is 11.1. The molecule has 0 fully saturated rings. The summed E-state index contributed by atoms with van der Waals surface area (Å²) < 4.78 is 36.9. The topological polar surface area (TPSA) is 65.6 Å². The molecule has 6 nitrogen and oxygen atoms in total. The van der Waals surface area contributed by atoms with E-state index in [4.69, 9.17) is 9.73 Å². The molecule has 0 spiro atoms. The largest absolute Gasteiger partial charge is 0.463 e. The predicted molar refractivity (Wildman–Crippen MR) is 163 cm³/mol. The van der Waals surface area contributed by atoms with E-state index in [-0.39, 0.29) is 23.6 Å². The SMILES string of the molecule is CCOC(=O)C1=C(c2ccccc2)N=c2s/c(=C/c3cc(C)n(-c4ccc(F)cc4)c3C)c(=O)n2C1c1ccc(F)cc1. The zero-order valence-electron chi connectivity index (χ0n) is 23.7. The van der Waals surface area contributed by atoms with Crippen LogP contribution in [0.5, 0.6) is 0 Å². The zero-order chi connectivity index (χ0) is 30.2. The molecule has 0 N–H and O–H groups in total. The smallest absolute Gasteiger partial charge is 0.338 e. The quantitative estimate of drug-likeness (QED) is 0.240. The molecule has 0 radical (unpaired) electrons. The lowest BCUT2D eigenvalue weighted by molar-refractivity contribution is -0.138. The first-order valence-electron chi connectivity index (χ1n) is 13.8. The molecule has 1 aliphatic rings. The van der Waals surface area contributed by atoms with Crippen LogP contribution in [0.4, 0.5) is 8.78 Å². The van der Waals surface area contributed by atoms with Gasteiger partial charge < -0.3 is 9.30 Å². The van der Waals surface area contributed by atoms with Gasteiger partial charge in [-0.05, 0) is 80.4 Å². The molecule has 1 atom stereocenters. The van der Waals surface area contributed by atoms with Gasteiger partial charge in [-0.2, -0.15) is 0 Å². The summed E-state index contributed by atoms with van der Waals surface area (Å²) in [5.74, 6) is -1.35. The Hall–Kier alpha value is -4.89. The lowest BCUT2D eigenvalue weighted by atomic mass is 9.93. The highest BCUT2D eigenvalue weighted by Crippen LogP contribution is 2.35. The standard InChI is InChI=1S/C34H27F2N3O3S/c1-4-42-33(41)29-30(22-8-6-5-7-9-22)37-34-39(31(29)23-10-12-25(35)13-11-23)32(40)28(43-34)19-24-18-20(2)38(21(24)3)27-16-14-26(36)15-17-27/h5-19,31H,4H2,1-3H3/b28-19+. The van der Waals surface area contributed by atoms with Crippen LogP contribution >= 0.6 is 11.3 Å². The van der Waals surface area contributed by atoms with E-state index in [0.717, 1.165) is 22.6 Å². The van der Waals surface area contributed by atoms with Gasteiger partial charge in [-0.1, -0.05) is 53.8 Å². The minimum atomic E-state index is -0.889. The van der Waals surface area contributed by atoms with Crippen molar-refractivity contribution < 1.29 is 18.3 Å². The van der Waals surface area contributed by atoms with Gasteiger partial charge in [-0.15, -0.1) is 0 Å². The Kier molecular flexibility index (Phi) is 7.50. The summed E-state index contributed by atoms with van der Waals surface area (Å²) in [7, 11) is 0. The first kappa shape index (κ1) is 28.2. The maximum Gasteiger partial charge on any atom is 0.338 e. The predicted octanol–water partition coefficient (Wildman–Crippen LogP) is 5.62. The molecule has 0 bridgehead atoms. The number of aryl methyl sites for hydroxylation is 1. The van der Waals surface area contributed by atoms with Crippen molar-refractivity contribution in [2.45, 2.75) is 26.8 Å². The third-order valence-electron chi connectivity index (χ3n) is 7.40. The molecule has 2 aromatic heterocycles. The summed E-state index contributed by atoms with van der Waals surface area (Å²) in [4.78, 5) is 32.9. The van der Waals surface area contributed by atoms with E-state index in [1.807, 2.05) is 60.9 Å². The summed E-state index contributed by atoms with van der Waals surface area (Å²) in [5.41, 5.74) is 4.93. The minimum Gasteiger partial charge on any atom is -0.463 e. The van der Waals surface area contributed by atoms with Gasteiger partial charge in [0.05, 0.1) is 28.5 Å². The van der Waals surface area contributed by atoms with Gasteiger partial charge in [0, 0.05) is 22.6 Å². The van der Waals surface area contributed by atoms with E-state index < -0.39 is 17.8 Å². The molecule has 216 valence electrons. The van der Waals surface area contributed by atoms with Crippen molar-refractivity contribution in [2.24, 2.45) is 4.99 Å². The summed E-state index contributed by atoms with van der Waals surface area (Å²) in [6.07, 6.45) is 1.81. The zero-order valence-corrected chi connectivity index (χ0v) is 24.5. The monoisotopic (exact) mass is 595 g/mol. The Bertz CT molecular complexity index is 2060. The van der Waals surface area contributed by atoms with Gasteiger partial charge in [0.1, 0.15) is 11.6 Å². The first-order chi connectivity index (χ1) is 20.8. The number of hydrogen-bond donors (Lipinski definition) is 0. The van der Waals surface area contributed by atoms with Crippen LogP contribution in [0.15, 0.2) is 100 Å². The van der Waals surface area contributed by atoms with Gasteiger partial charge in [0.2, 0.25) is 0 Å². The van der Waals surface area contributed by atoms with E-state index >= 15 is 0 Å². The highest BCUT2D eigenvalue weighted by atomic mass is 32.1.